The minimum Gasteiger partial charge on any atom is -0.480 e. The van der Waals surface area contributed by atoms with Crippen molar-refractivity contribution in [2.45, 2.75) is 98.7 Å². The van der Waals surface area contributed by atoms with E-state index in [0.717, 1.165) is 10.5 Å². The minimum atomic E-state index is -4.32. The highest BCUT2D eigenvalue weighted by Crippen LogP contribution is 2.58. The molecule has 3 unspecified atom stereocenters. The lowest BCUT2D eigenvalue weighted by Gasteiger charge is -2.34. The summed E-state index contributed by atoms with van der Waals surface area (Å²) in [5.41, 5.74) is -0.0464. The molecule has 2 aliphatic rings. The van der Waals surface area contributed by atoms with E-state index in [0.29, 0.717) is 37.8 Å². The molecule has 1 saturated carbocycles. The predicted octanol–water partition coefficient (Wildman–Crippen LogP) is 4.41. The number of amides is 2. The lowest BCUT2D eigenvalue weighted by atomic mass is 9.87. The van der Waals surface area contributed by atoms with Gasteiger partial charge in [-0.25, -0.2) is 0 Å². The van der Waals surface area contributed by atoms with Crippen molar-refractivity contribution in [3.63, 3.8) is 0 Å². The van der Waals surface area contributed by atoms with Gasteiger partial charge in [-0.2, -0.15) is 0 Å². The van der Waals surface area contributed by atoms with Crippen LogP contribution in [0.3, 0.4) is 0 Å². The van der Waals surface area contributed by atoms with Gasteiger partial charge in [-0.3, -0.25) is 42.5 Å². The summed E-state index contributed by atoms with van der Waals surface area (Å²) in [6.07, 6.45) is -0.568. The van der Waals surface area contributed by atoms with Crippen LogP contribution in [0.1, 0.15) is 79.2 Å². The number of carboxylic acids is 1. The zero-order chi connectivity index (χ0) is 33.5. The molecular formula is C31H45N2O11P. The van der Waals surface area contributed by atoms with Gasteiger partial charge in [0.15, 0.2) is 0 Å². The zero-order valence-electron chi connectivity index (χ0n) is 26.8. The number of carbonyl (C=O) groups is 5. The molecule has 1 fully saturated rings. The summed E-state index contributed by atoms with van der Waals surface area (Å²) >= 11 is 0. The smallest absolute Gasteiger partial charge is 0.337 e. The number of nitrogens with one attached hydrogen (secondary N) is 1. The molecule has 3 rings (SSSR count). The van der Waals surface area contributed by atoms with Crippen molar-refractivity contribution >= 4 is 43.0 Å². The largest absolute Gasteiger partial charge is 0.480 e. The molecule has 45 heavy (non-hydrogen) atoms. The van der Waals surface area contributed by atoms with E-state index in [1.54, 1.807) is 45.9 Å². The lowest BCUT2D eigenvalue weighted by molar-refractivity contribution is -0.171. The molecule has 14 heteroatoms. The van der Waals surface area contributed by atoms with Crippen molar-refractivity contribution in [2.24, 2.45) is 17.3 Å². The Morgan fingerprint density at radius 2 is 1.49 bits per heavy atom. The van der Waals surface area contributed by atoms with E-state index < -0.39 is 85.9 Å². The molecule has 13 nitrogen and oxygen atoms in total. The molecule has 0 aromatic heterocycles. The summed E-state index contributed by atoms with van der Waals surface area (Å²) < 4.78 is 36.4. The van der Waals surface area contributed by atoms with Gasteiger partial charge in [-0.05, 0) is 51.2 Å². The average molecular weight is 653 g/mol. The van der Waals surface area contributed by atoms with E-state index in [1.165, 1.54) is 13.8 Å². The Labute approximate surface area is 263 Å². The molecule has 2 N–H and O–H groups in total. The maximum Gasteiger partial charge on any atom is 0.337 e. The Hall–Kier alpha value is -3.28. The second-order valence-corrected chi connectivity index (χ2v) is 14.3. The summed E-state index contributed by atoms with van der Waals surface area (Å²) in [5, 5.41) is 12.3. The highest BCUT2D eigenvalue weighted by atomic mass is 31.2. The summed E-state index contributed by atoms with van der Waals surface area (Å²) in [4.78, 5) is 65.0. The first-order valence-electron chi connectivity index (χ1n) is 15.3. The predicted molar refractivity (Wildman–Crippen MR) is 163 cm³/mol. The number of anilines is 1. The number of rotatable bonds is 14. The van der Waals surface area contributed by atoms with Crippen LogP contribution in [-0.4, -0.2) is 66.2 Å². The molecule has 0 radical (unpaired) electrons. The van der Waals surface area contributed by atoms with Crippen molar-refractivity contribution in [3.8, 4) is 0 Å². The number of para-hydroxylation sites is 1. The highest BCUT2D eigenvalue weighted by molar-refractivity contribution is 7.54. The van der Waals surface area contributed by atoms with Gasteiger partial charge >= 0.3 is 25.5 Å². The molecule has 1 aromatic rings. The van der Waals surface area contributed by atoms with Gasteiger partial charge in [0.1, 0.15) is 12.6 Å². The number of esters is 2. The van der Waals surface area contributed by atoms with Crippen molar-refractivity contribution in [1.82, 2.24) is 5.32 Å². The molecule has 1 aliphatic heterocycles. The number of ether oxygens (including phenoxy) is 2. The molecule has 0 saturated heterocycles. The summed E-state index contributed by atoms with van der Waals surface area (Å²) in [7, 11) is -4.32. The molecule has 2 amide bonds. The number of aliphatic carboxylic acids is 1. The van der Waals surface area contributed by atoms with Crippen molar-refractivity contribution in [3.05, 3.63) is 29.8 Å². The Balaban J connectivity index is 1.88. The van der Waals surface area contributed by atoms with E-state index >= 15 is 0 Å². The van der Waals surface area contributed by atoms with Crippen molar-refractivity contribution in [2.75, 3.05) is 17.6 Å². The SMILES string of the molecule is CC(OC(=O)C(C)C)OP(=O)(CC1(C(=O)NC2CCc3ccccc3N(CC(=O)O)C2=O)CCCC1)OC(C)OC(=O)C(C)C. The Bertz CT molecular complexity index is 1270. The number of fused-ring (bicyclic) bond motifs is 1. The van der Waals surface area contributed by atoms with Gasteiger partial charge < -0.3 is 19.9 Å². The fourth-order valence-corrected chi connectivity index (χ4v) is 7.92. The number of nitrogens with zero attached hydrogens (tertiary/aromatic N) is 1. The van der Waals surface area contributed by atoms with E-state index in [4.69, 9.17) is 18.5 Å². The maximum absolute atomic E-state index is 14.4. The fourth-order valence-electron chi connectivity index (χ4n) is 5.53. The molecule has 1 heterocycles. The van der Waals surface area contributed by atoms with Gasteiger partial charge in [0, 0.05) is 5.69 Å². The normalized spacial score (nSPS) is 20.5. The summed E-state index contributed by atoms with van der Waals surface area (Å²) in [5.74, 6) is -4.49. The van der Waals surface area contributed by atoms with Crippen LogP contribution >= 0.6 is 7.60 Å². The third kappa shape index (κ3) is 9.61. The first-order valence-corrected chi connectivity index (χ1v) is 17.1. The first kappa shape index (κ1) is 36.2. The summed E-state index contributed by atoms with van der Waals surface area (Å²) in [6.45, 7) is 8.68. The first-order chi connectivity index (χ1) is 21.1. The van der Waals surface area contributed by atoms with Crippen LogP contribution in [0.2, 0.25) is 0 Å². The second-order valence-electron chi connectivity index (χ2n) is 12.3. The Morgan fingerprint density at radius 3 is 2.00 bits per heavy atom. The van der Waals surface area contributed by atoms with E-state index in [1.807, 2.05) is 6.07 Å². The molecule has 250 valence electrons. The molecule has 1 aromatic carbocycles. The Kier molecular flexibility index (Phi) is 12.3. The average Bonchev–Trinajstić information content (AvgIpc) is 3.37. The molecule has 0 bridgehead atoms. The molecule has 3 atom stereocenters. The highest BCUT2D eigenvalue weighted by Gasteiger charge is 2.50. The Morgan fingerprint density at radius 1 is 0.956 bits per heavy atom. The third-order valence-electron chi connectivity index (χ3n) is 7.81. The van der Waals surface area contributed by atoms with Crippen LogP contribution in [-0.2, 0) is 53.5 Å². The zero-order valence-corrected chi connectivity index (χ0v) is 27.7. The van der Waals surface area contributed by atoms with Gasteiger partial charge in [-0.15, -0.1) is 0 Å². The van der Waals surface area contributed by atoms with Gasteiger partial charge in [0.05, 0.1) is 23.4 Å². The molecule has 1 aliphatic carbocycles. The van der Waals surface area contributed by atoms with Crippen LogP contribution in [0.5, 0.6) is 0 Å². The monoisotopic (exact) mass is 652 g/mol. The van der Waals surface area contributed by atoms with Crippen molar-refractivity contribution < 1.29 is 52.2 Å². The quantitative estimate of drug-likeness (QED) is 0.165. The minimum absolute atomic E-state index is 0.225. The topological polar surface area (TPSA) is 175 Å². The number of aryl methyl sites for hydroxylation is 1. The molecular weight excluding hydrogens is 607 g/mol. The van der Waals surface area contributed by atoms with Crippen LogP contribution in [0, 0.1) is 17.3 Å². The van der Waals surface area contributed by atoms with Gasteiger partial charge in [0.25, 0.3) is 0 Å². The van der Waals surface area contributed by atoms with Crippen LogP contribution in [0.15, 0.2) is 24.3 Å². The van der Waals surface area contributed by atoms with Crippen LogP contribution < -0.4 is 10.2 Å². The van der Waals surface area contributed by atoms with Gasteiger partial charge in [0.2, 0.25) is 24.4 Å². The standard InChI is InChI=1S/C31H45N2O11P/c1-19(2)28(37)41-21(5)43-45(40,44-22(6)42-29(38)20(3)4)18-31(15-9-10-16-31)30(39)32-24-14-13-23-11-7-8-12-25(23)33(27(24)36)17-26(34)35/h7-8,11-12,19-22,24H,9-10,13-18H2,1-6H3,(H,32,39)(H,34,35). The molecule has 0 spiro atoms. The second kappa shape index (κ2) is 15.3. The number of carbonyl (C=O) groups excluding carboxylic acids is 4. The summed E-state index contributed by atoms with van der Waals surface area (Å²) in [6, 6.07) is 5.95. The fraction of sp³-hybridized carbons (Fsp3) is 0.645. The van der Waals surface area contributed by atoms with Crippen LogP contribution in [0.4, 0.5) is 5.69 Å². The van der Waals surface area contributed by atoms with E-state index in [9.17, 15) is 33.6 Å². The van der Waals surface area contributed by atoms with Crippen molar-refractivity contribution in [1.29, 1.82) is 0 Å². The number of benzene rings is 1. The third-order valence-corrected chi connectivity index (χ3v) is 10.0. The lowest BCUT2D eigenvalue weighted by Crippen LogP contribution is -2.53. The van der Waals surface area contributed by atoms with Gasteiger partial charge in [-0.1, -0.05) is 58.7 Å². The van der Waals surface area contributed by atoms with Crippen LogP contribution in [0.25, 0.3) is 0 Å². The number of hydrogen-bond acceptors (Lipinski definition) is 10. The number of hydrogen-bond donors (Lipinski definition) is 2. The number of carboxylic acid groups (broad SMARTS) is 1. The van der Waals surface area contributed by atoms with E-state index in [2.05, 4.69) is 5.32 Å². The maximum atomic E-state index is 14.4. The van der Waals surface area contributed by atoms with E-state index in [-0.39, 0.29) is 6.42 Å².